The van der Waals surface area contributed by atoms with Crippen molar-refractivity contribution in [2.24, 2.45) is 0 Å². The molecule has 0 fully saturated rings. The van der Waals surface area contributed by atoms with E-state index in [9.17, 15) is 0 Å². The number of nitrogens with zero attached hydrogens (tertiary/aromatic N) is 2. The van der Waals surface area contributed by atoms with E-state index in [1.807, 2.05) is 36.4 Å². The van der Waals surface area contributed by atoms with Gasteiger partial charge in [-0.3, -0.25) is 0 Å². The summed E-state index contributed by atoms with van der Waals surface area (Å²) in [5, 5.41) is 8.28. The standard InChI is InChI=1S/C46H28N2O/c1-4-16-29(17-5-1)37-28-38(44-45-43(36-26-14-15-27-39(36)49-45)47-46(48-44)31-20-8-3-9-21-31)40(30-18-6-2-7-19-30)42-35-25-13-11-23-33(35)32-22-10-12-24-34(32)41(37)42/h1-28H. The van der Waals surface area contributed by atoms with Gasteiger partial charge in [-0.2, -0.15) is 0 Å². The SMILES string of the molecule is c1ccc(-c2nc(-c3cc(-c4ccccc4)c4c5ccccc5c5ccccc5c4c3-c3ccccc3)c3oc4ccccc4c3n2)cc1. The molecule has 0 aliphatic carbocycles. The van der Waals surface area contributed by atoms with Crippen LogP contribution in [-0.2, 0) is 0 Å². The summed E-state index contributed by atoms with van der Waals surface area (Å²) in [7, 11) is 0. The van der Waals surface area contributed by atoms with Crippen LogP contribution in [0.3, 0.4) is 0 Å². The lowest BCUT2D eigenvalue weighted by atomic mass is 9.82. The molecule has 10 rings (SSSR count). The molecule has 0 saturated heterocycles. The third-order valence-electron chi connectivity index (χ3n) is 9.66. The molecule has 2 aromatic heterocycles. The van der Waals surface area contributed by atoms with Crippen LogP contribution in [-0.4, -0.2) is 9.97 Å². The van der Waals surface area contributed by atoms with Gasteiger partial charge in [-0.1, -0.05) is 152 Å². The van der Waals surface area contributed by atoms with E-state index in [0.717, 1.165) is 55.6 Å². The predicted octanol–water partition coefficient (Wildman–Crippen LogP) is 12.5. The fourth-order valence-corrected chi connectivity index (χ4v) is 7.53. The maximum atomic E-state index is 6.71. The van der Waals surface area contributed by atoms with Crippen molar-refractivity contribution >= 4 is 54.4 Å². The van der Waals surface area contributed by atoms with Crippen molar-refractivity contribution in [3.63, 3.8) is 0 Å². The van der Waals surface area contributed by atoms with Crippen molar-refractivity contribution in [3.8, 4) is 44.9 Å². The maximum Gasteiger partial charge on any atom is 0.180 e. The lowest BCUT2D eigenvalue weighted by Gasteiger charge is -2.21. The number of rotatable bonds is 4. The van der Waals surface area contributed by atoms with Crippen LogP contribution in [0.2, 0.25) is 0 Å². The lowest BCUT2D eigenvalue weighted by Crippen LogP contribution is -1.98. The van der Waals surface area contributed by atoms with Gasteiger partial charge in [0.15, 0.2) is 11.4 Å². The van der Waals surface area contributed by atoms with Crippen LogP contribution >= 0.6 is 0 Å². The normalized spacial score (nSPS) is 11.7. The smallest absolute Gasteiger partial charge is 0.180 e. The van der Waals surface area contributed by atoms with Crippen LogP contribution in [0.15, 0.2) is 174 Å². The maximum absolute atomic E-state index is 6.71. The Balaban J connectivity index is 1.48. The van der Waals surface area contributed by atoms with E-state index in [4.69, 9.17) is 14.4 Å². The van der Waals surface area contributed by atoms with Gasteiger partial charge < -0.3 is 4.42 Å². The second-order valence-electron chi connectivity index (χ2n) is 12.5. The first kappa shape index (κ1) is 27.5. The fraction of sp³-hybridized carbons (Fsp3) is 0. The Labute approximate surface area is 282 Å². The molecule has 0 saturated carbocycles. The van der Waals surface area contributed by atoms with Gasteiger partial charge in [0, 0.05) is 16.5 Å². The molecule has 3 heteroatoms. The molecule has 0 radical (unpaired) electrons. The van der Waals surface area contributed by atoms with Gasteiger partial charge in [-0.15, -0.1) is 0 Å². The van der Waals surface area contributed by atoms with Crippen molar-refractivity contribution in [2.45, 2.75) is 0 Å². The number of hydrogen-bond donors (Lipinski definition) is 0. The molecule has 0 aliphatic heterocycles. The minimum absolute atomic E-state index is 0.665. The molecule has 0 aliphatic rings. The van der Waals surface area contributed by atoms with E-state index in [-0.39, 0.29) is 0 Å². The van der Waals surface area contributed by atoms with Gasteiger partial charge in [-0.25, -0.2) is 9.97 Å². The summed E-state index contributed by atoms with van der Waals surface area (Å²) in [6, 6.07) is 59.7. The quantitative estimate of drug-likeness (QED) is 0.183. The number of hydrogen-bond acceptors (Lipinski definition) is 3. The number of furan rings is 1. The summed E-state index contributed by atoms with van der Waals surface area (Å²) in [5.41, 5.74) is 9.55. The van der Waals surface area contributed by atoms with Crippen LogP contribution in [0, 0.1) is 0 Å². The summed E-state index contributed by atoms with van der Waals surface area (Å²) in [6.45, 7) is 0. The molecule has 0 atom stereocenters. The van der Waals surface area contributed by atoms with E-state index in [1.165, 1.54) is 32.3 Å². The van der Waals surface area contributed by atoms with E-state index < -0.39 is 0 Å². The van der Waals surface area contributed by atoms with E-state index in [2.05, 4.69) is 133 Å². The second kappa shape index (κ2) is 11.0. The first-order valence-electron chi connectivity index (χ1n) is 16.6. The molecule has 228 valence electrons. The van der Waals surface area contributed by atoms with Crippen LogP contribution in [0.4, 0.5) is 0 Å². The third-order valence-corrected chi connectivity index (χ3v) is 9.66. The van der Waals surface area contributed by atoms with Crippen LogP contribution in [0.25, 0.3) is 99.3 Å². The zero-order valence-electron chi connectivity index (χ0n) is 26.5. The van der Waals surface area contributed by atoms with Gasteiger partial charge in [0.25, 0.3) is 0 Å². The molecule has 0 N–H and O–H groups in total. The van der Waals surface area contributed by atoms with Gasteiger partial charge in [0.05, 0.1) is 0 Å². The first-order chi connectivity index (χ1) is 24.3. The minimum atomic E-state index is 0.665. The fourth-order valence-electron chi connectivity index (χ4n) is 7.53. The molecule has 0 amide bonds. The summed E-state index contributed by atoms with van der Waals surface area (Å²) in [4.78, 5) is 10.6. The molecule has 0 bridgehead atoms. The Kier molecular flexibility index (Phi) is 6.18. The van der Waals surface area contributed by atoms with E-state index >= 15 is 0 Å². The molecule has 3 nitrogen and oxygen atoms in total. The van der Waals surface area contributed by atoms with Crippen molar-refractivity contribution in [2.75, 3.05) is 0 Å². The Hall–Kier alpha value is -6.58. The van der Waals surface area contributed by atoms with Crippen LogP contribution in [0.1, 0.15) is 0 Å². The molecular formula is C46H28N2O. The van der Waals surface area contributed by atoms with Crippen molar-refractivity contribution < 1.29 is 4.42 Å². The summed E-state index contributed by atoms with van der Waals surface area (Å²) >= 11 is 0. The topological polar surface area (TPSA) is 38.9 Å². The summed E-state index contributed by atoms with van der Waals surface area (Å²) < 4.78 is 6.71. The lowest BCUT2D eigenvalue weighted by molar-refractivity contribution is 0.667. The Bertz CT molecular complexity index is 2860. The molecule has 0 unspecified atom stereocenters. The van der Waals surface area contributed by atoms with Gasteiger partial charge in [-0.05, 0) is 72.8 Å². The van der Waals surface area contributed by atoms with Gasteiger partial charge in [0.1, 0.15) is 16.8 Å². The van der Waals surface area contributed by atoms with Gasteiger partial charge >= 0.3 is 0 Å². The predicted molar refractivity (Wildman–Crippen MR) is 204 cm³/mol. The first-order valence-corrected chi connectivity index (χ1v) is 16.6. The molecule has 2 heterocycles. The van der Waals surface area contributed by atoms with Crippen molar-refractivity contribution in [1.82, 2.24) is 9.97 Å². The molecule has 10 aromatic rings. The minimum Gasteiger partial charge on any atom is -0.452 e. The number of aromatic nitrogens is 2. The number of benzene rings is 8. The van der Waals surface area contributed by atoms with Crippen LogP contribution in [0.5, 0.6) is 0 Å². The zero-order valence-corrected chi connectivity index (χ0v) is 26.5. The molecular weight excluding hydrogens is 597 g/mol. The van der Waals surface area contributed by atoms with E-state index in [0.29, 0.717) is 11.4 Å². The molecule has 0 spiro atoms. The summed E-state index contributed by atoms with van der Waals surface area (Å²) in [5.74, 6) is 0.665. The number of para-hydroxylation sites is 1. The average Bonchev–Trinajstić information content (AvgIpc) is 3.57. The van der Waals surface area contributed by atoms with Crippen molar-refractivity contribution in [3.05, 3.63) is 170 Å². The molecule has 49 heavy (non-hydrogen) atoms. The summed E-state index contributed by atoms with van der Waals surface area (Å²) in [6.07, 6.45) is 0. The number of fused-ring (bicyclic) bond motifs is 9. The molecule has 8 aromatic carbocycles. The Morgan fingerprint density at radius 1 is 0.388 bits per heavy atom. The van der Waals surface area contributed by atoms with E-state index in [1.54, 1.807) is 0 Å². The third kappa shape index (κ3) is 4.29. The van der Waals surface area contributed by atoms with Crippen molar-refractivity contribution in [1.29, 1.82) is 0 Å². The highest BCUT2D eigenvalue weighted by atomic mass is 16.3. The average molecular weight is 625 g/mol. The van der Waals surface area contributed by atoms with Crippen LogP contribution < -0.4 is 0 Å². The Morgan fingerprint density at radius 2 is 0.898 bits per heavy atom. The zero-order chi connectivity index (χ0) is 32.3. The Morgan fingerprint density at radius 3 is 1.55 bits per heavy atom. The highest BCUT2D eigenvalue weighted by molar-refractivity contribution is 6.33. The highest BCUT2D eigenvalue weighted by Crippen LogP contribution is 2.50. The monoisotopic (exact) mass is 624 g/mol. The highest BCUT2D eigenvalue weighted by Gasteiger charge is 2.25. The van der Waals surface area contributed by atoms with Gasteiger partial charge in [0.2, 0.25) is 0 Å². The largest absolute Gasteiger partial charge is 0.452 e. The second-order valence-corrected chi connectivity index (χ2v) is 12.5.